The summed E-state index contributed by atoms with van der Waals surface area (Å²) in [6, 6.07) is 14.9. The van der Waals surface area contributed by atoms with E-state index in [0.717, 1.165) is 29.7 Å². The number of para-hydroxylation sites is 2. The quantitative estimate of drug-likeness (QED) is 0.658. The van der Waals surface area contributed by atoms with Gasteiger partial charge in [-0.05, 0) is 55.8 Å². The molecule has 0 atom stereocenters. The van der Waals surface area contributed by atoms with Crippen molar-refractivity contribution in [2.45, 2.75) is 12.8 Å². The van der Waals surface area contributed by atoms with Crippen molar-refractivity contribution in [1.29, 1.82) is 0 Å². The number of hydrogen-bond acceptors (Lipinski definition) is 4. The van der Waals surface area contributed by atoms with Crippen LogP contribution in [-0.2, 0) is 9.59 Å². The van der Waals surface area contributed by atoms with E-state index in [9.17, 15) is 9.59 Å². The molecule has 0 spiro atoms. The molecule has 6 nitrogen and oxygen atoms in total. The van der Waals surface area contributed by atoms with Gasteiger partial charge in [0.05, 0.1) is 5.69 Å². The number of carbonyl (C=O) groups is 2. The zero-order chi connectivity index (χ0) is 20.9. The monoisotopic (exact) mass is 469 g/mol. The highest BCUT2D eigenvalue weighted by molar-refractivity contribution is 9.10. The second kappa shape index (κ2) is 9.45. The zero-order valence-electron chi connectivity index (χ0n) is 16.6. The molecule has 2 aromatic carbocycles. The Kier molecular flexibility index (Phi) is 6.50. The van der Waals surface area contributed by atoms with E-state index < -0.39 is 0 Å². The van der Waals surface area contributed by atoms with E-state index in [2.05, 4.69) is 26.1 Å². The molecule has 1 N–H and O–H groups in total. The third-order valence-corrected chi connectivity index (χ3v) is 6.00. The summed E-state index contributed by atoms with van der Waals surface area (Å²) in [6.45, 7) is 3.56. The minimum atomic E-state index is -0.334. The van der Waals surface area contributed by atoms with Gasteiger partial charge in [-0.2, -0.15) is 0 Å². The minimum absolute atomic E-state index is 0.0491. The number of hydrogen-bond donors (Lipinski definition) is 1. The maximum atomic E-state index is 13.2. The van der Waals surface area contributed by atoms with Crippen LogP contribution in [0.1, 0.15) is 18.4 Å². The highest BCUT2D eigenvalue weighted by atomic mass is 79.9. The van der Waals surface area contributed by atoms with E-state index in [1.807, 2.05) is 36.4 Å². The third kappa shape index (κ3) is 4.74. The molecule has 4 rings (SSSR count). The molecule has 7 heteroatoms. The fraction of sp³-hybridized carbons (Fsp3) is 0.304. The molecule has 0 unspecified atom stereocenters. The van der Waals surface area contributed by atoms with Crippen LogP contribution >= 0.6 is 15.9 Å². The van der Waals surface area contributed by atoms with E-state index in [1.54, 1.807) is 18.2 Å². The molecule has 0 aromatic heterocycles. The zero-order valence-corrected chi connectivity index (χ0v) is 18.2. The molecule has 1 fully saturated rings. The number of nitrogens with zero attached hydrogens (tertiary/aromatic N) is 2. The Morgan fingerprint density at radius 3 is 2.63 bits per heavy atom. The average Bonchev–Trinajstić information content (AvgIpc) is 3.26. The molecule has 0 bridgehead atoms. The average molecular weight is 470 g/mol. The van der Waals surface area contributed by atoms with Crippen molar-refractivity contribution in [2.75, 3.05) is 37.6 Å². The van der Waals surface area contributed by atoms with Crippen molar-refractivity contribution in [3.63, 3.8) is 0 Å². The first kappa shape index (κ1) is 20.6. The fourth-order valence-electron chi connectivity index (χ4n) is 3.71. The van der Waals surface area contributed by atoms with Gasteiger partial charge in [0.2, 0.25) is 5.91 Å². The molecule has 2 amide bonds. The first-order valence-electron chi connectivity index (χ1n) is 10.2. The maximum absolute atomic E-state index is 13.2. The van der Waals surface area contributed by atoms with Gasteiger partial charge >= 0.3 is 0 Å². The molecule has 30 heavy (non-hydrogen) atoms. The van der Waals surface area contributed by atoms with Crippen molar-refractivity contribution in [3.05, 3.63) is 64.3 Å². The Morgan fingerprint density at radius 2 is 1.83 bits per heavy atom. The first-order valence-corrected chi connectivity index (χ1v) is 10.9. The second-order valence-electron chi connectivity index (χ2n) is 7.39. The SMILES string of the molecule is O=C(CN1C(=O)/C(=C\c2ccccc2Br)Oc2ccccc21)NCCN1CCCC1. The van der Waals surface area contributed by atoms with E-state index >= 15 is 0 Å². The number of carbonyl (C=O) groups excluding carboxylic acids is 2. The Balaban J connectivity index is 1.50. The molecule has 2 aromatic rings. The highest BCUT2D eigenvalue weighted by Crippen LogP contribution is 2.35. The van der Waals surface area contributed by atoms with Crippen LogP contribution in [0, 0.1) is 0 Å². The van der Waals surface area contributed by atoms with Crippen LogP contribution in [0.2, 0.25) is 0 Å². The molecular formula is C23H24BrN3O3. The van der Waals surface area contributed by atoms with Crippen molar-refractivity contribution in [1.82, 2.24) is 10.2 Å². The number of anilines is 1. The fourth-order valence-corrected chi connectivity index (χ4v) is 4.11. The van der Waals surface area contributed by atoms with E-state index in [0.29, 0.717) is 18.0 Å². The summed E-state index contributed by atoms with van der Waals surface area (Å²) in [6.07, 6.45) is 4.14. The number of amides is 2. The summed E-state index contributed by atoms with van der Waals surface area (Å²) < 4.78 is 6.73. The summed E-state index contributed by atoms with van der Waals surface area (Å²) in [4.78, 5) is 29.5. The molecule has 2 aliphatic heterocycles. The summed E-state index contributed by atoms with van der Waals surface area (Å²) in [5.74, 6) is 0.226. The smallest absolute Gasteiger partial charge is 0.294 e. The van der Waals surface area contributed by atoms with Crippen LogP contribution in [0.15, 0.2) is 58.8 Å². The number of benzene rings is 2. The Bertz CT molecular complexity index is 970. The molecule has 0 saturated carbocycles. The lowest BCUT2D eigenvalue weighted by atomic mass is 10.1. The summed E-state index contributed by atoms with van der Waals surface area (Å²) >= 11 is 3.49. The summed E-state index contributed by atoms with van der Waals surface area (Å²) in [7, 11) is 0. The predicted octanol–water partition coefficient (Wildman–Crippen LogP) is 3.43. The Hall–Kier alpha value is -2.64. The number of ether oxygens (including phenoxy) is 1. The van der Waals surface area contributed by atoms with Crippen LogP contribution in [0.4, 0.5) is 5.69 Å². The van der Waals surface area contributed by atoms with Gasteiger partial charge in [-0.25, -0.2) is 0 Å². The van der Waals surface area contributed by atoms with E-state index in [-0.39, 0.29) is 24.1 Å². The second-order valence-corrected chi connectivity index (χ2v) is 8.24. The van der Waals surface area contributed by atoms with Crippen LogP contribution < -0.4 is 15.0 Å². The lowest BCUT2D eigenvalue weighted by Gasteiger charge is -2.30. The largest absolute Gasteiger partial charge is 0.449 e. The maximum Gasteiger partial charge on any atom is 0.294 e. The predicted molar refractivity (Wildman–Crippen MR) is 120 cm³/mol. The molecule has 2 aliphatic rings. The highest BCUT2D eigenvalue weighted by Gasteiger charge is 2.31. The summed E-state index contributed by atoms with van der Waals surface area (Å²) in [5.41, 5.74) is 1.43. The van der Waals surface area contributed by atoms with Gasteiger partial charge in [0.1, 0.15) is 6.54 Å². The number of fused-ring (bicyclic) bond motifs is 1. The number of nitrogens with one attached hydrogen (secondary N) is 1. The molecule has 1 saturated heterocycles. The van der Waals surface area contributed by atoms with Crippen molar-refractivity contribution in [2.24, 2.45) is 0 Å². The van der Waals surface area contributed by atoms with Crippen LogP contribution in [0.3, 0.4) is 0 Å². The Labute approximate surface area is 184 Å². The standard InChI is InChI=1S/C23H24BrN3O3/c24-18-8-2-1-7-17(18)15-21-23(29)27(19-9-3-4-10-20(19)30-21)16-22(28)25-11-14-26-12-5-6-13-26/h1-4,7-10,15H,5-6,11-14,16H2,(H,25,28)/b21-15+. The lowest BCUT2D eigenvalue weighted by molar-refractivity contribution is -0.123. The van der Waals surface area contributed by atoms with Crippen molar-refractivity contribution in [3.8, 4) is 5.75 Å². The van der Waals surface area contributed by atoms with Gasteiger partial charge in [0.15, 0.2) is 11.5 Å². The van der Waals surface area contributed by atoms with E-state index in [4.69, 9.17) is 4.74 Å². The Morgan fingerprint density at radius 1 is 1.10 bits per heavy atom. The molecular weight excluding hydrogens is 446 g/mol. The third-order valence-electron chi connectivity index (χ3n) is 5.27. The van der Waals surface area contributed by atoms with E-state index in [1.165, 1.54) is 17.7 Å². The van der Waals surface area contributed by atoms with Gasteiger partial charge in [-0.3, -0.25) is 14.5 Å². The number of likely N-dealkylation sites (tertiary alicyclic amines) is 1. The van der Waals surface area contributed by atoms with Crippen molar-refractivity contribution < 1.29 is 14.3 Å². The van der Waals surface area contributed by atoms with Crippen molar-refractivity contribution >= 4 is 39.5 Å². The normalized spacial score (nSPS) is 17.7. The van der Waals surface area contributed by atoms with Crippen LogP contribution in [0.5, 0.6) is 5.75 Å². The van der Waals surface area contributed by atoms with Gasteiger partial charge in [0.25, 0.3) is 5.91 Å². The molecule has 0 radical (unpaired) electrons. The topological polar surface area (TPSA) is 61.9 Å². The number of halogens is 1. The van der Waals surface area contributed by atoms with Crippen LogP contribution in [0.25, 0.3) is 6.08 Å². The number of rotatable bonds is 6. The molecule has 156 valence electrons. The van der Waals surface area contributed by atoms with Gasteiger partial charge in [-0.1, -0.05) is 46.3 Å². The van der Waals surface area contributed by atoms with Gasteiger partial charge < -0.3 is 15.0 Å². The summed E-state index contributed by atoms with van der Waals surface area (Å²) in [5, 5.41) is 2.94. The first-order chi connectivity index (χ1) is 14.6. The van der Waals surface area contributed by atoms with Gasteiger partial charge in [0, 0.05) is 17.6 Å². The molecule has 0 aliphatic carbocycles. The molecule has 2 heterocycles. The lowest BCUT2D eigenvalue weighted by Crippen LogP contribution is -2.45. The van der Waals surface area contributed by atoms with Gasteiger partial charge in [-0.15, -0.1) is 0 Å². The van der Waals surface area contributed by atoms with Crippen LogP contribution in [-0.4, -0.2) is 49.4 Å². The minimum Gasteiger partial charge on any atom is -0.449 e.